The molecule has 1 aliphatic heterocycles. The number of rotatable bonds is 4. The van der Waals surface area contributed by atoms with Gasteiger partial charge in [0, 0.05) is 30.2 Å². The van der Waals surface area contributed by atoms with Crippen molar-refractivity contribution in [2.75, 3.05) is 13.1 Å². The molecule has 31 heavy (non-hydrogen) atoms. The molecule has 7 heteroatoms. The second-order valence-corrected chi connectivity index (χ2v) is 9.32. The van der Waals surface area contributed by atoms with Gasteiger partial charge < -0.3 is 20.1 Å². The molecule has 0 atom stereocenters. The molecule has 166 valence electrons. The number of nitrogens with zero attached hydrogens (tertiary/aromatic N) is 1. The van der Waals surface area contributed by atoms with Gasteiger partial charge in [-0.3, -0.25) is 4.79 Å². The maximum Gasteiger partial charge on any atom is 0.407 e. The van der Waals surface area contributed by atoms with Crippen molar-refractivity contribution in [1.29, 1.82) is 0 Å². The van der Waals surface area contributed by atoms with Crippen molar-refractivity contribution in [3.63, 3.8) is 0 Å². The lowest BCUT2D eigenvalue weighted by Crippen LogP contribution is -2.45. The van der Waals surface area contributed by atoms with Crippen LogP contribution in [0.25, 0.3) is 0 Å². The van der Waals surface area contributed by atoms with E-state index in [-0.39, 0.29) is 5.91 Å². The van der Waals surface area contributed by atoms with E-state index in [2.05, 4.69) is 5.32 Å². The van der Waals surface area contributed by atoms with Gasteiger partial charge in [0.05, 0.1) is 5.60 Å². The second-order valence-electron chi connectivity index (χ2n) is 8.88. The lowest BCUT2D eigenvalue weighted by molar-refractivity contribution is -0.0211. The van der Waals surface area contributed by atoms with Gasteiger partial charge in [-0.15, -0.1) is 0 Å². The first-order valence-electron chi connectivity index (χ1n) is 10.4. The lowest BCUT2D eigenvalue weighted by atomic mass is 9.84. The minimum absolute atomic E-state index is 0.0650. The van der Waals surface area contributed by atoms with Gasteiger partial charge in [0.2, 0.25) is 0 Å². The number of nitrogens with one attached hydrogen (secondary N) is 1. The van der Waals surface area contributed by atoms with Crippen molar-refractivity contribution in [3.05, 3.63) is 70.2 Å². The third kappa shape index (κ3) is 6.21. The Morgan fingerprint density at radius 1 is 1.06 bits per heavy atom. The van der Waals surface area contributed by atoms with Crippen LogP contribution in [0.5, 0.6) is 0 Å². The summed E-state index contributed by atoms with van der Waals surface area (Å²) in [5, 5.41) is 14.3. The summed E-state index contributed by atoms with van der Waals surface area (Å²) in [6.45, 7) is 6.69. The quantitative estimate of drug-likeness (QED) is 0.728. The van der Waals surface area contributed by atoms with Gasteiger partial charge in [-0.05, 0) is 69.0 Å². The highest BCUT2D eigenvalue weighted by Gasteiger charge is 2.35. The van der Waals surface area contributed by atoms with E-state index in [0.717, 1.165) is 11.1 Å². The smallest absolute Gasteiger partial charge is 0.407 e. The average molecular weight is 445 g/mol. The van der Waals surface area contributed by atoms with Crippen molar-refractivity contribution >= 4 is 23.6 Å². The number of hydrogen-bond acceptors (Lipinski definition) is 4. The Labute approximate surface area is 188 Å². The molecule has 0 spiro atoms. The Morgan fingerprint density at radius 3 is 2.19 bits per heavy atom. The third-order valence-corrected chi connectivity index (χ3v) is 5.55. The summed E-state index contributed by atoms with van der Waals surface area (Å²) in [6.07, 6.45) is 0.463. The zero-order valence-corrected chi connectivity index (χ0v) is 18.9. The molecule has 1 saturated heterocycles. The van der Waals surface area contributed by atoms with Crippen LogP contribution < -0.4 is 5.32 Å². The van der Waals surface area contributed by atoms with Gasteiger partial charge in [0.15, 0.2) is 0 Å². The van der Waals surface area contributed by atoms with Crippen molar-refractivity contribution in [3.8, 4) is 0 Å². The summed E-state index contributed by atoms with van der Waals surface area (Å²) in [5.41, 5.74) is 0.787. The van der Waals surface area contributed by atoms with Crippen LogP contribution in [0.15, 0.2) is 48.5 Å². The number of ether oxygens (including phenoxy) is 1. The molecule has 1 heterocycles. The van der Waals surface area contributed by atoms with Crippen LogP contribution >= 0.6 is 11.6 Å². The zero-order valence-electron chi connectivity index (χ0n) is 18.2. The lowest BCUT2D eigenvalue weighted by Gasteiger charge is -2.38. The van der Waals surface area contributed by atoms with Crippen molar-refractivity contribution in [2.24, 2.45) is 0 Å². The van der Waals surface area contributed by atoms with Gasteiger partial charge in [0.1, 0.15) is 5.60 Å². The van der Waals surface area contributed by atoms with Gasteiger partial charge in [-0.25, -0.2) is 4.79 Å². The highest BCUT2D eigenvalue weighted by atomic mass is 35.5. The van der Waals surface area contributed by atoms with Gasteiger partial charge >= 0.3 is 6.09 Å². The molecule has 0 bridgehead atoms. The molecule has 2 aromatic carbocycles. The van der Waals surface area contributed by atoms with Gasteiger partial charge in [0.25, 0.3) is 5.91 Å². The van der Waals surface area contributed by atoms with E-state index in [9.17, 15) is 14.7 Å². The topological polar surface area (TPSA) is 78.9 Å². The van der Waals surface area contributed by atoms with E-state index < -0.39 is 17.3 Å². The Kier molecular flexibility index (Phi) is 6.92. The Hall–Kier alpha value is -2.57. The van der Waals surface area contributed by atoms with Crippen LogP contribution in [-0.2, 0) is 16.9 Å². The van der Waals surface area contributed by atoms with Crippen LogP contribution in [0.4, 0.5) is 4.79 Å². The monoisotopic (exact) mass is 444 g/mol. The predicted molar refractivity (Wildman–Crippen MR) is 120 cm³/mol. The molecular formula is C24H29ClN2O4. The minimum atomic E-state index is -0.946. The third-order valence-electron chi connectivity index (χ3n) is 5.30. The van der Waals surface area contributed by atoms with Gasteiger partial charge in [-0.2, -0.15) is 0 Å². The van der Waals surface area contributed by atoms with E-state index in [1.165, 1.54) is 0 Å². The van der Waals surface area contributed by atoms with Crippen molar-refractivity contribution in [2.45, 2.75) is 51.4 Å². The summed E-state index contributed by atoms with van der Waals surface area (Å²) in [5.74, 6) is -0.0650. The number of carbonyl (C=O) groups is 2. The second kappa shape index (κ2) is 9.28. The van der Waals surface area contributed by atoms with Gasteiger partial charge in [-0.1, -0.05) is 35.9 Å². The highest BCUT2D eigenvalue weighted by Crippen LogP contribution is 2.33. The number of halogens is 1. The number of aliphatic hydroxyl groups is 1. The van der Waals surface area contributed by atoms with E-state index in [0.29, 0.717) is 43.1 Å². The van der Waals surface area contributed by atoms with Crippen molar-refractivity contribution in [1.82, 2.24) is 10.2 Å². The fourth-order valence-corrected chi connectivity index (χ4v) is 3.69. The fraction of sp³-hybridized carbons (Fsp3) is 0.417. The standard InChI is InChI=1S/C24H29ClN2O4/c1-23(2,3)31-22(29)26-16-17-4-6-18(7-5-17)21(28)27-14-12-24(30,13-15-27)19-8-10-20(25)11-9-19/h4-11,30H,12-16H2,1-3H3,(H,26,29). The number of benzene rings is 2. The summed E-state index contributed by atoms with van der Waals surface area (Å²) in [6, 6.07) is 14.4. The fourth-order valence-electron chi connectivity index (χ4n) is 3.56. The SMILES string of the molecule is CC(C)(C)OC(=O)NCc1ccc(C(=O)N2CCC(O)(c3ccc(Cl)cc3)CC2)cc1. The summed E-state index contributed by atoms with van der Waals surface area (Å²) in [7, 11) is 0. The number of likely N-dealkylation sites (tertiary alicyclic amines) is 1. The average Bonchev–Trinajstić information content (AvgIpc) is 2.72. The molecule has 0 saturated carbocycles. The number of amides is 2. The van der Waals surface area contributed by atoms with Crippen LogP contribution in [0.3, 0.4) is 0 Å². The van der Waals surface area contributed by atoms with Crippen LogP contribution in [0.2, 0.25) is 5.02 Å². The zero-order chi connectivity index (χ0) is 22.6. The molecule has 3 rings (SSSR count). The van der Waals surface area contributed by atoms with E-state index in [4.69, 9.17) is 16.3 Å². The van der Waals surface area contributed by atoms with Crippen LogP contribution in [0, 0.1) is 0 Å². The molecule has 2 N–H and O–H groups in total. The summed E-state index contributed by atoms with van der Waals surface area (Å²) in [4.78, 5) is 26.4. The number of piperidine rings is 1. The molecule has 1 fully saturated rings. The molecule has 2 aromatic rings. The predicted octanol–water partition coefficient (Wildman–Crippen LogP) is 4.49. The molecule has 2 amide bonds. The first-order valence-corrected chi connectivity index (χ1v) is 10.8. The Balaban J connectivity index is 1.54. The first kappa shape index (κ1) is 23.1. The number of alkyl carbamates (subject to hydrolysis) is 1. The highest BCUT2D eigenvalue weighted by molar-refractivity contribution is 6.30. The maximum atomic E-state index is 12.9. The Bertz CT molecular complexity index is 912. The normalized spacial score (nSPS) is 16.0. The molecule has 0 unspecified atom stereocenters. The van der Waals surface area contributed by atoms with Crippen LogP contribution in [0.1, 0.15) is 55.1 Å². The van der Waals surface area contributed by atoms with E-state index >= 15 is 0 Å². The number of carbonyl (C=O) groups excluding carboxylic acids is 2. The maximum absolute atomic E-state index is 12.9. The first-order chi connectivity index (χ1) is 14.6. The van der Waals surface area contributed by atoms with E-state index in [1.807, 2.05) is 45.0 Å². The largest absolute Gasteiger partial charge is 0.444 e. The molecule has 1 aliphatic rings. The molecule has 0 aliphatic carbocycles. The number of hydrogen-bond donors (Lipinski definition) is 2. The minimum Gasteiger partial charge on any atom is -0.444 e. The molecule has 0 aromatic heterocycles. The molecular weight excluding hydrogens is 416 g/mol. The van der Waals surface area contributed by atoms with Crippen molar-refractivity contribution < 1.29 is 19.4 Å². The summed E-state index contributed by atoms with van der Waals surface area (Å²) >= 11 is 5.94. The molecule has 6 nitrogen and oxygen atoms in total. The Morgan fingerprint density at radius 2 is 1.65 bits per heavy atom. The van der Waals surface area contributed by atoms with E-state index in [1.54, 1.807) is 29.2 Å². The van der Waals surface area contributed by atoms with Crippen LogP contribution in [-0.4, -0.2) is 40.7 Å². The summed E-state index contributed by atoms with van der Waals surface area (Å²) < 4.78 is 5.22. The molecule has 0 radical (unpaired) electrons.